The van der Waals surface area contributed by atoms with Gasteiger partial charge in [-0.2, -0.15) is 0 Å². The highest BCUT2D eigenvalue weighted by Crippen LogP contribution is 2.13. The first-order valence-corrected chi connectivity index (χ1v) is 4.81. The molecule has 0 aliphatic carbocycles. The van der Waals surface area contributed by atoms with Crippen LogP contribution in [0.15, 0.2) is 43.1 Å². The largest absolute Gasteiger partial charge is 0.514 e. The van der Waals surface area contributed by atoms with Crippen molar-refractivity contribution in [3.8, 4) is 0 Å². The van der Waals surface area contributed by atoms with Crippen molar-refractivity contribution in [1.29, 1.82) is 0 Å². The van der Waals surface area contributed by atoms with Gasteiger partial charge in [0.2, 0.25) is 0 Å². The van der Waals surface area contributed by atoms with Crippen molar-refractivity contribution in [2.75, 3.05) is 6.61 Å². The van der Waals surface area contributed by atoms with E-state index in [2.05, 4.69) is 11.6 Å². The quantitative estimate of drug-likeness (QED) is 0.444. The number of aromatic nitrogens is 1. The Labute approximate surface area is 94.2 Å². The number of carbonyl (C=O) groups excluding carboxylic acids is 1. The molecule has 0 aliphatic heterocycles. The van der Waals surface area contributed by atoms with E-state index >= 15 is 0 Å². The Morgan fingerprint density at radius 1 is 1.56 bits per heavy atom. The predicted molar refractivity (Wildman–Crippen MR) is 60.5 cm³/mol. The van der Waals surface area contributed by atoms with Gasteiger partial charge in [-0.3, -0.25) is 4.98 Å². The molecular formula is C12H13NO3. The normalized spacial score (nSPS) is 10.7. The second-order valence-electron chi connectivity index (χ2n) is 2.82. The number of allylic oxidation sites excluding steroid dienone is 1. The van der Waals surface area contributed by atoms with Gasteiger partial charge >= 0.3 is 6.16 Å². The van der Waals surface area contributed by atoms with Gasteiger partial charge in [0.15, 0.2) is 5.76 Å². The van der Waals surface area contributed by atoms with Gasteiger partial charge < -0.3 is 9.47 Å². The number of hydrogen-bond acceptors (Lipinski definition) is 4. The molecule has 0 aliphatic rings. The van der Waals surface area contributed by atoms with Crippen molar-refractivity contribution in [3.63, 3.8) is 0 Å². The molecule has 1 rings (SSSR count). The van der Waals surface area contributed by atoms with Gasteiger partial charge in [0.1, 0.15) is 12.3 Å². The predicted octanol–water partition coefficient (Wildman–Crippen LogP) is 2.78. The molecule has 0 atom stereocenters. The summed E-state index contributed by atoms with van der Waals surface area (Å²) in [6.45, 7) is 5.31. The third-order valence-corrected chi connectivity index (χ3v) is 1.69. The Balaban J connectivity index is 2.64. The zero-order chi connectivity index (χ0) is 11.8. The summed E-state index contributed by atoms with van der Waals surface area (Å²) in [7, 11) is 0. The molecule has 0 aromatic carbocycles. The summed E-state index contributed by atoms with van der Waals surface area (Å²) < 4.78 is 9.67. The fraction of sp³-hybridized carbons (Fsp3) is 0.167. The van der Waals surface area contributed by atoms with Gasteiger partial charge in [-0.05, 0) is 25.1 Å². The molecule has 0 N–H and O–H groups in total. The van der Waals surface area contributed by atoms with Gasteiger partial charge in [0, 0.05) is 6.20 Å². The Hall–Kier alpha value is -2.10. The molecular weight excluding hydrogens is 206 g/mol. The van der Waals surface area contributed by atoms with E-state index < -0.39 is 6.16 Å². The van der Waals surface area contributed by atoms with E-state index in [9.17, 15) is 4.79 Å². The molecule has 0 fully saturated rings. The standard InChI is InChI=1S/C12H13NO3/c1-3-9-15-12(14)16-11(4-2)10-7-5-6-8-13-10/h3-8H,1,9H2,2H3/b11-4-. The molecule has 1 aromatic rings. The minimum absolute atomic E-state index is 0.123. The molecule has 0 unspecified atom stereocenters. The molecule has 16 heavy (non-hydrogen) atoms. The monoisotopic (exact) mass is 219 g/mol. The summed E-state index contributed by atoms with van der Waals surface area (Å²) in [4.78, 5) is 15.2. The Morgan fingerprint density at radius 3 is 2.94 bits per heavy atom. The number of carbonyl (C=O) groups is 1. The first-order chi connectivity index (χ1) is 7.77. The van der Waals surface area contributed by atoms with E-state index in [1.54, 1.807) is 31.3 Å². The van der Waals surface area contributed by atoms with Crippen molar-refractivity contribution >= 4 is 11.9 Å². The van der Waals surface area contributed by atoms with Gasteiger partial charge in [0.25, 0.3) is 0 Å². The molecule has 0 saturated carbocycles. The van der Waals surface area contributed by atoms with E-state index in [1.807, 2.05) is 6.07 Å². The maximum atomic E-state index is 11.2. The molecule has 0 radical (unpaired) electrons. The molecule has 4 heteroatoms. The second-order valence-corrected chi connectivity index (χ2v) is 2.82. The summed E-state index contributed by atoms with van der Waals surface area (Å²) >= 11 is 0. The first-order valence-electron chi connectivity index (χ1n) is 4.81. The first kappa shape index (κ1) is 12.0. The van der Waals surface area contributed by atoms with Crippen molar-refractivity contribution in [3.05, 3.63) is 48.8 Å². The van der Waals surface area contributed by atoms with Crippen LogP contribution < -0.4 is 0 Å². The molecule has 1 aromatic heterocycles. The topological polar surface area (TPSA) is 48.4 Å². The highest BCUT2D eigenvalue weighted by Gasteiger charge is 2.09. The lowest BCUT2D eigenvalue weighted by atomic mass is 10.3. The Morgan fingerprint density at radius 2 is 2.38 bits per heavy atom. The maximum absolute atomic E-state index is 11.2. The molecule has 0 spiro atoms. The zero-order valence-electron chi connectivity index (χ0n) is 9.05. The zero-order valence-corrected chi connectivity index (χ0v) is 9.05. The summed E-state index contributed by atoms with van der Waals surface area (Å²) in [6.07, 6.45) is 3.98. The van der Waals surface area contributed by atoms with Crippen molar-refractivity contribution in [2.24, 2.45) is 0 Å². The number of ether oxygens (including phenoxy) is 2. The van der Waals surface area contributed by atoms with Crippen LogP contribution in [-0.4, -0.2) is 17.7 Å². The van der Waals surface area contributed by atoms with E-state index in [0.29, 0.717) is 11.5 Å². The number of nitrogens with zero attached hydrogens (tertiary/aromatic N) is 1. The lowest BCUT2D eigenvalue weighted by Crippen LogP contribution is -2.07. The van der Waals surface area contributed by atoms with Crippen LogP contribution >= 0.6 is 0 Å². The average Bonchev–Trinajstić information content (AvgIpc) is 2.34. The number of hydrogen-bond donors (Lipinski definition) is 0. The van der Waals surface area contributed by atoms with Crippen LogP contribution in [0.4, 0.5) is 4.79 Å². The molecule has 1 heterocycles. The molecule has 0 saturated heterocycles. The molecule has 0 bridgehead atoms. The van der Waals surface area contributed by atoms with E-state index in [0.717, 1.165) is 0 Å². The molecule has 0 amide bonds. The minimum Gasteiger partial charge on any atom is -0.430 e. The highest BCUT2D eigenvalue weighted by molar-refractivity contribution is 5.71. The number of pyridine rings is 1. The van der Waals surface area contributed by atoms with E-state index in [4.69, 9.17) is 9.47 Å². The highest BCUT2D eigenvalue weighted by atomic mass is 16.7. The molecule has 4 nitrogen and oxygen atoms in total. The third-order valence-electron chi connectivity index (χ3n) is 1.69. The average molecular weight is 219 g/mol. The van der Waals surface area contributed by atoms with E-state index in [1.165, 1.54) is 6.08 Å². The maximum Gasteiger partial charge on any atom is 0.514 e. The molecule has 84 valence electrons. The van der Waals surface area contributed by atoms with Crippen LogP contribution in [0, 0.1) is 0 Å². The second kappa shape index (κ2) is 6.40. The van der Waals surface area contributed by atoms with Crippen LogP contribution in [0.1, 0.15) is 12.6 Å². The van der Waals surface area contributed by atoms with Crippen LogP contribution in [-0.2, 0) is 9.47 Å². The Kier molecular flexibility index (Phi) is 4.79. The SMILES string of the molecule is C=CCOC(=O)O/C(=C\C)c1ccccn1. The minimum atomic E-state index is -0.765. The van der Waals surface area contributed by atoms with Crippen LogP contribution in [0.5, 0.6) is 0 Å². The lowest BCUT2D eigenvalue weighted by Gasteiger charge is -2.06. The van der Waals surface area contributed by atoms with Gasteiger partial charge in [-0.25, -0.2) is 4.79 Å². The van der Waals surface area contributed by atoms with Gasteiger partial charge in [-0.15, -0.1) is 0 Å². The number of rotatable bonds is 4. The van der Waals surface area contributed by atoms with Crippen LogP contribution in [0.3, 0.4) is 0 Å². The van der Waals surface area contributed by atoms with Gasteiger partial charge in [-0.1, -0.05) is 18.7 Å². The smallest absolute Gasteiger partial charge is 0.430 e. The van der Waals surface area contributed by atoms with Crippen molar-refractivity contribution in [1.82, 2.24) is 4.98 Å². The summed E-state index contributed by atoms with van der Waals surface area (Å²) in [5.41, 5.74) is 0.584. The van der Waals surface area contributed by atoms with Crippen LogP contribution in [0.2, 0.25) is 0 Å². The lowest BCUT2D eigenvalue weighted by molar-refractivity contribution is 0.100. The summed E-state index contributed by atoms with van der Waals surface area (Å²) in [5.74, 6) is 0.370. The van der Waals surface area contributed by atoms with Crippen molar-refractivity contribution in [2.45, 2.75) is 6.92 Å². The fourth-order valence-corrected chi connectivity index (χ4v) is 1.01. The Bertz CT molecular complexity index is 385. The van der Waals surface area contributed by atoms with Crippen molar-refractivity contribution < 1.29 is 14.3 Å². The fourth-order valence-electron chi connectivity index (χ4n) is 1.01. The summed E-state index contributed by atoms with van der Waals surface area (Å²) in [6, 6.07) is 5.34. The van der Waals surface area contributed by atoms with Gasteiger partial charge in [0.05, 0.1) is 0 Å². The third kappa shape index (κ3) is 3.57. The van der Waals surface area contributed by atoms with E-state index in [-0.39, 0.29) is 6.61 Å². The summed E-state index contributed by atoms with van der Waals surface area (Å²) in [5, 5.41) is 0. The van der Waals surface area contributed by atoms with Crippen LogP contribution in [0.25, 0.3) is 5.76 Å².